The van der Waals surface area contributed by atoms with Gasteiger partial charge in [0.1, 0.15) is 5.60 Å². The Morgan fingerprint density at radius 3 is 3.09 bits per heavy atom. The molecule has 2 fully saturated rings. The molecule has 0 aliphatic carbocycles. The van der Waals surface area contributed by atoms with Crippen LogP contribution in [0, 0.1) is 5.92 Å². The number of pyridine rings is 1. The second kappa shape index (κ2) is 7.30. The predicted molar refractivity (Wildman–Crippen MR) is 87.2 cm³/mol. The molecule has 2 saturated heterocycles. The largest absolute Gasteiger partial charge is 0.478 e. The van der Waals surface area contributed by atoms with Crippen molar-refractivity contribution in [2.24, 2.45) is 5.92 Å². The van der Waals surface area contributed by atoms with E-state index in [2.05, 4.69) is 11.9 Å². The number of ether oxygens (including phenoxy) is 2. The molecule has 1 aromatic rings. The van der Waals surface area contributed by atoms with Crippen molar-refractivity contribution < 1.29 is 14.3 Å². The van der Waals surface area contributed by atoms with Crippen molar-refractivity contribution in [1.82, 2.24) is 9.88 Å². The molecule has 23 heavy (non-hydrogen) atoms. The predicted octanol–water partition coefficient (Wildman–Crippen LogP) is 2.66. The highest BCUT2D eigenvalue weighted by Gasteiger charge is 2.53. The number of hydrogen-bond donors (Lipinski definition) is 0. The molecule has 2 aliphatic rings. The van der Waals surface area contributed by atoms with Gasteiger partial charge in [-0.3, -0.25) is 4.79 Å². The van der Waals surface area contributed by atoms with Crippen LogP contribution in [-0.2, 0) is 9.53 Å². The number of carbonyl (C=O) groups is 1. The Morgan fingerprint density at radius 2 is 2.35 bits per heavy atom. The van der Waals surface area contributed by atoms with Gasteiger partial charge in [-0.15, -0.1) is 0 Å². The van der Waals surface area contributed by atoms with Crippen molar-refractivity contribution in [3.05, 3.63) is 24.4 Å². The number of nitrogens with zero attached hydrogens (tertiary/aromatic N) is 2. The summed E-state index contributed by atoms with van der Waals surface area (Å²) in [4.78, 5) is 18.2. The Morgan fingerprint density at radius 1 is 1.48 bits per heavy atom. The molecule has 3 heterocycles. The fraction of sp³-hybridized carbons (Fsp3) is 0.667. The first-order valence-electron chi connectivity index (χ1n) is 8.69. The summed E-state index contributed by atoms with van der Waals surface area (Å²) in [5, 5.41) is 0. The van der Waals surface area contributed by atoms with E-state index < -0.39 is 0 Å². The fourth-order valence-electron chi connectivity index (χ4n) is 3.54. The Hall–Kier alpha value is -1.62. The van der Waals surface area contributed by atoms with Gasteiger partial charge in [0.05, 0.1) is 19.7 Å². The summed E-state index contributed by atoms with van der Waals surface area (Å²) in [5.41, 5.74) is -0.116. The van der Waals surface area contributed by atoms with Gasteiger partial charge in [-0.05, 0) is 31.2 Å². The minimum Gasteiger partial charge on any atom is -0.478 e. The van der Waals surface area contributed by atoms with E-state index in [1.165, 1.54) is 0 Å². The van der Waals surface area contributed by atoms with Gasteiger partial charge in [0.2, 0.25) is 11.8 Å². The Labute approximate surface area is 138 Å². The quantitative estimate of drug-likeness (QED) is 0.775. The lowest BCUT2D eigenvalue weighted by molar-refractivity contribution is -0.165. The molecule has 0 aromatic carbocycles. The van der Waals surface area contributed by atoms with Crippen LogP contribution < -0.4 is 4.74 Å². The van der Waals surface area contributed by atoms with Gasteiger partial charge in [0.25, 0.3) is 0 Å². The van der Waals surface area contributed by atoms with E-state index in [1.54, 1.807) is 6.20 Å². The summed E-state index contributed by atoms with van der Waals surface area (Å²) in [7, 11) is 0. The molecular weight excluding hydrogens is 292 g/mol. The van der Waals surface area contributed by atoms with E-state index in [1.807, 2.05) is 23.1 Å². The zero-order valence-electron chi connectivity index (χ0n) is 13.9. The zero-order chi connectivity index (χ0) is 16.1. The highest BCUT2D eigenvalue weighted by atomic mass is 16.5. The topological polar surface area (TPSA) is 51.7 Å². The minimum atomic E-state index is -0.116. The maximum atomic E-state index is 12.1. The summed E-state index contributed by atoms with van der Waals surface area (Å²) in [6.45, 7) is 5.07. The van der Waals surface area contributed by atoms with E-state index in [0.29, 0.717) is 24.8 Å². The van der Waals surface area contributed by atoms with E-state index >= 15 is 0 Å². The number of likely N-dealkylation sites (tertiary alicyclic amines) is 1. The molecule has 0 unspecified atom stereocenters. The molecule has 1 atom stereocenters. The first kappa shape index (κ1) is 16.2. The minimum absolute atomic E-state index is 0.116. The normalized spacial score (nSPS) is 22.1. The van der Waals surface area contributed by atoms with Crippen LogP contribution >= 0.6 is 0 Å². The summed E-state index contributed by atoms with van der Waals surface area (Å²) in [6.07, 6.45) is 6.45. The lowest BCUT2D eigenvalue weighted by Crippen LogP contribution is -2.66. The molecule has 5 heteroatoms. The zero-order valence-corrected chi connectivity index (χ0v) is 13.9. The molecule has 0 N–H and O–H groups in total. The number of aromatic nitrogens is 1. The molecule has 0 bridgehead atoms. The van der Waals surface area contributed by atoms with Gasteiger partial charge in [-0.25, -0.2) is 4.98 Å². The SMILES string of the molecule is CCCCC(=O)N1CC2(C1)OCC[C@H]2CCOc1ccccn1. The van der Waals surface area contributed by atoms with Crippen molar-refractivity contribution in [3.8, 4) is 5.88 Å². The lowest BCUT2D eigenvalue weighted by Gasteiger charge is -2.50. The van der Waals surface area contributed by atoms with Crippen LogP contribution in [0.4, 0.5) is 0 Å². The highest BCUT2D eigenvalue weighted by molar-refractivity contribution is 5.77. The molecule has 0 saturated carbocycles. The van der Waals surface area contributed by atoms with Crippen LogP contribution in [0.1, 0.15) is 39.0 Å². The number of carbonyl (C=O) groups excluding carboxylic acids is 1. The monoisotopic (exact) mass is 318 g/mol. The average molecular weight is 318 g/mol. The van der Waals surface area contributed by atoms with Crippen LogP contribution in [0.3, 0.4) is 0 Å². The third-order valence-corrected chi connectivity index (χ3v) is 4.97. The van der Waals surface area contributed by atoms with Gasteiger partial charge in [-0.2, -0.15) is 0 Å². The van der Waals surface area contributed by atoms with Gasteiger partial charge >= 0.3 is 0 Å². The smallest absolute Gasteiger partial charge is 0.222 e. The molecular formula is C18H26N2O3. The second-order valence-corrected chi connectivity index (χ2v) is 6.56. The maximum absolute atomic E-state index is 12.1. The van der Waals surface area contributed by atoms with E-state index in [0.717, 1.165) is 45.4 Å². The van der Waals surface area contributed by atoms with Crippen molar-refractivity contribution in [2.75, 3.05) is 26.3 Å². The molecule has 3 rings (SSSR count). The van der Waals surface area contributed by atoms with Gasteiger partial charge in [0, 0.05) is 25.3 Å². The lowest BCUT2D eigenvalue weighted by atomic mass is 9.79. The van der Waals surface area contributed by atoms with Crippen LogP contribution in [-0.4, -0.2) is 47.7 Å². The molecule has 2 aliphatic heterocycles. The molecule has 126 valence electrons. The summed E-state index contributed by atoms with van der Waals surface area (Å²) in [5.74, 6) is 1.42. The third kappa shape index (κ3) is 3.66. The van der Waals surface area contributed by atoms with E-state index in [9.17, 15) is 4.79 Å². The van der Waals surface area contributed by atoms with Crippen LogP contribution in [0.2, 0.25) is 0 Å². The number of amides is 1. The summed E-state index contributed by atoms with van der Waals surface area (Å²) in [6, 6.07) is 5.68. The van der Waals surface area contributed by atoms with Gasteiger partial charge in [-0.1, -0.05) is 19.4 Å². The number of rotatable bonds is 7. The van der Waals surface area contributed by atoms with Crippen molar-refractivity contribution >= 4 is 5.91 Å². The van der Waals surface area contributed by atoms with Crippen molar-refractivity contribution in [1.29, 1.82) is 0 Å². The van der Waals surface area contributed by atoms with E-state index in [-0.39, 0.29) is 11.5 Å². The first-order chi connectivity index (χ1) is 11.2. The van der Waals surface area contributed by atoms with Crippen molar-refractivity contribution in [3.63, 3.8) is 0 Å². The maximum Gasteiger partial charge on any atom is 0.222 e. The number of unbranched alkanes of at least 4 members (excludes halogenated alkanes) is 1. The molecule has 0 radical (unpaired) electrons. The van der Waals surface area contributed by atoms with Crippen molar-refractivity contribution in [2.45, 2.75) is 44.6 Å². The van der Waals surface area contributed by atoms with Crippen LogP contribution in [0.5, 0.6) is 5.88 Å². The Balaban J connectivity index is 1.45. The molecule has 1 spiro atoms. The van der Waals surface area contributed by atoms with Crippen LogP contribution in [0.25, 0.3) is 0 Å². The Kier molecular flexibility index (Phi) is 5.16. The molecule has 1 amide bonds. The fourth-order valence-corrected chi connectivity index (χ4v) is 3.54. The van der Waals surface area contributed by atoms with E-state index in [4.69, 9.17) is 9.47 Å². The van der Waals surface area contributed by atoms with Gasteiger partial charge < -0.3 is 14.4 Å². The summed E-state index contributed by atoms with van der Waals surface area (Å²) >= 11 is 0. The first-order valence-corrected chi connectivity index (χ1v) is 8.69. The summed E-state index contributed by atoms with van der Waals surface area (Å²) < 4.78 is 11.7. The Bertz CT molecular complexity index is 514. The number of hydrogen-bond acceptors (Lipinski definition) is 4. The molecule has 5 nitrogen and oxygen atoms in total. The average Bonchev–Trinajstić information content (AvgIpc) is 2.96. The third-order valence-electron chi connectivity index (χ3n) is 4.97. The standard InChI is InChI=1S/C18H26N2O3/c1-2-3-7-17(21)20-13-18(14-20)15(9-12-23-18)8-11-22-16-6-4-5-10-19-16/h4-6,10,15H,2-3,7-9,11-14H2,1H3/t15-/m1/s1. The van der Waals surface area contributed by atoms with Gasteiger partial charge in [0.15, 0.2) is 0 Å². The van der Waals surface area contributed by atoms with Crippen LogP contribution in [0.15, 0.2) is 24.4 Å². The second-order valence-electron chi connectivity index (χ2n) is 6.56. The molecule has 1 aromatic heterocycles. The highest BCUT2D eigenvalue weighted by Crippen LogP contribution is 2.41.